The first kappa shape index (κ1) is 26.7. The summed E-state index contributed by atoms with van der Waals surface area (Å²) in [5, 5.41) is 0. The Morgan fingerprint density at radius 3 is 1.81 bits per heavy atom. The summed E-state index contributed by atoms with van der Waals surface area (Å²) < 4.78 is 6.45. The van der Waals surface area contributed by atoms with Crippen molar-refractivity contribution in [1.29, 1.82) is 0 Å². The molecule has 0 radical (unpaired) electrons. The summed E-state index contributed by atoms with van der Waals surface area (Å²) in [6, 6.07) is 47.3. The smallest absolute Gasteiger partial charge is 0.129 e. The van der Waals surface area contributed by atoms with Crippen LogP contribution in [0.5, 0.6) is 11.5 Å². The normalized spacial score (nSPS) is 15.5. The lowest BCUT2D eigenvalue weighted by Crippen LogP contribution is -2.30. The number of rotatable bonds is 8. The van der Waals surface area contributed by atoms with Gasteiger partial charge in [-0.3, -0.25) is 0 Å². The minimum atomic E-state index is 0.251. The van der Waals surface area contributed by atoms with E-state index < -0.39 is 0 Å². The van der Waals surface area contributed by atoms with Crippen LogP contribution in [0.4, 0.5) is 22.7 Å². The van der Waals surface area contributed by atoms with Crippen LogP contribution in [0.15, 0.2) is 146 Å². The van der Waals surface area contributed by atoms with Gasteiger partial charge in [-0.15, -0.1) is 0 Å². The molecule has 5 aromatic rings. The van der Waals surface area contributed by atoms with Crippen molar-refractivity contribution >= 4 is 22.7 Å². The zero-order valence-corrected chi connectivity index (χ0v) is 24.6. The van der Waals surface area contributed by atoms with Gasteiger partial charge in [0, 0.05) is 35.9 Å². The quantitative estimate of drug-likeness (QED) is 0.187. The highest BCUT2D eigenvalue weighted by atomic mass is 16.5. The van der Waals surface area contributed by atoms with E-state index in [0.29, 0.717) is 6.04 Å². The zero-order valence-electron chi connectivity index (χ0n) is 24.6. The van der Waals surface area contributed by atoms with Crippen LogP contribution in [0.25, 0.3) is 0 Å². The van der Waals surface area contributed by atoms with Crippen LogP contribution in [-0.2, 0) is 0 Å². The second-order valence-corrected chi connectivity index (χ2v) is 11.2. The second kappa shape index (κ2) is 11.6. The average Bonchev–Trinajstić information content (AvgIpc) is 3.72. The van der Waals surface area contributed by atoms with Gasteiger partial charge in [0.1, 0.15) is 11.5 Å². The predicted molar refractivity (Wildman–Crippen MR) is 177 cm³/mol. The van der Waals surface area contributed by atoms with E-state index in [1.54, 1.807) is 0 Å². The molecule has 5 nitrogen and oxygen atoms in total. The molecular weight excluding hydrogens is 528 g/mol. The summed E-state index contributed by atoms with van der Waals surface area (Å²) in [6.07, 6.45) is 4.32. The van der Waals surface area contributed by atoms with Gasteiger partial charge in [0.05, 0.1) is 36.8 Å². The van der Waals surface area contributed by atoms with Crippen molar-refractivity contribution in [3.63, 3.8) is 0 Å². The van der Waals surface area contributed by atoms with Gasteiger partial charge in [-0.2, -0.15) is 0 Å². The lowest BCUT2D eigenvalue weighted by atomic mass is 10.1. The van der Waals surface area contributed by atoms with E-state index >= 15 is 0 Å². The number of nitrogens with zero attached hydrogens (tertiary/aromatic N) is 4. The standard InChI is InChI=1S/C38H36N4O/c1-29(31-13-5-3-6-14-31)39-23-24-40(27-39)33-17-11-19-35(25-33)43-36-20-12-18-34(26-36)42-28-41(37-21-9-10-22-38(37)42)30(2)32-15-7-4-8-16-32/h3-26,29-30H,27-28H2,1-2H3. The molecule has 43 heavy (non-hydrogen) atoms. The van der Waals surface area contributed by atoms with Crippen molar-refractivity contribution < 1.29 is 4.74 Å². The minimum absolute atomic E-state index is 0.251. The molecule has 214 valence electrons. The maximum Gasteiger partial charge on any atom is 0.129 e. The van der Waals surface area contributed by atoms with Crippen LogP contribution in [-0.4, -0.2) is 18.2 Å². The van der Waals surface area contributed by atoms with E-state index in [1.807, 2.05) is 12.1 Å². The molecule has 2 atom stereocenters. The fourth-order valence-corrected chi connectivity index (χ4v) is 6.06. The van der Waals surface area contributed by atoms with Gasteiger partial charge in [0.15, 0.2) is 0 Å². The van der Waals surface area contributed by atoms with Gasteiger partial charge in [-0.1, -0.05) is 84.9 Å². The molecule has 5 heteroatoms. The number of anilines is 4. The van der Waals surface area contributed by atoms with Crippen molar-refractivity contribution in [2.75, 3.05) is 28.0 Å². The third-order valence-corrected chi connectivity index (χ3v) is 8.57. The van der Waals surface area contributed by atoms with Crippen molar-refractivity contribution in [2.24, 2.45) is 0 Å². The van der Waals surface area contributed by atoms with Crippen molar-refractivity contribution in [3.05, 3.63) is 157 Å². The number of para-hydroxylation sites is 2. The third-order valence-electron chi connectivity index (χ3n) is 8.57. The average molecular weight is 565 g/mol. The summed E-state index contributed by atoms with van der Waals surface area (Å²) in [5.74, 6) is 1.64. The zero-order chi connectivity index (χ0) is 29.2. The Morgan fingerprint density at radius 1 is 0.535 bits per heavy atom. The van der Waals surface area contributed by atoms with Crippen molar-refractivity contribution in [3.8, 4) is 11.5 Å². The number of fused-ring (bicyclic) bond motifs is 1. The number of hydrogen-bond acceptors (Lipinski definition) is 5. The van der Waals surface area contributed by atoms with E-state index in [4.69, 9.17) is 4.74 Å². The Bertz CT molecular complexity index is 1720. The first-order valence-corrected chi connectivity index (χ1v) is 15.0. The molecule has 2 aliphatic heterocycles. The predicted octanol–water partition coefficient (Wildman–Crippen LogP) is 9.47. The van der Waals surface area contributed by atoms with Gasteiger partial charge in [-0.05, 0) is 61.4 Å². The molecule has 2 aliphatic rings. The molecule has 2 heterocycles. The fourth-order valence-electron chi connectivity index (χ4n) is 6.06. The maximum absolute atomic E-state index is 6.45. The van der Waals surface area contributed by atoms with Crippen LogP contribution in [0, 0.1) is 0 Å². The van der Waals surface area contributed by atoms with E-state index in [2.05, 4.69) is 167 Å². The van der Waals surface area contributed by atoms with Crippen molar-refractivity contribution in [1.82, 2.24) is 4.90 Å². The van der Waals surface area contributed by atoms with Gasteiger partial charge >= 0.3 is 0 Å². The second-order valence-electron chi connectivity index (χ2n) is 11.2. The lowest BCUT2D eigenvalue weighted by molar-refractivity contribution is 0.322. The number of benzene rings is 5. The largest absolute Gasteiger partial charge is 0.457 e. The fraction of sp³-hybridized carbons (Fsp3) is 0.158. The van der Waals surface area contributed by atoms with Crippen molar-refractivity contribution in [2.45, 2.75) is 25.9 Å². The van der Waals surface area contributed by atoms with Gasteiger partial charge in [0.25, 0.3) is 0 Å². The van der Waals surface area contributed by atoms with Crippen LogP contribution in [0.3, 0.4) is 0 Å². The molecule has 0 amide bonds. The van der Waals surface area contributed by atoms with Crippen LogP contribution < -0.4 is 19.4 Å². The maximum atomic E-state index is 6.45. The first-order valence-electron chi connectivity index (χ1n) is 15.0. The summed E-state index contributed by atoms with van der Waals surface area (Å²) in [7, 11) is 0. The Morgan fingerprint density at radius 2 is 1.12 bits per heavy atom. The molecule has 2 unspecified atom stereocenters. The molecule has 5 aromatic carbocycles. The molecule has 0 saturated heterocycles. The highest BCUT2D eigenvalue weighted by Gasteiger charge is 2.30. The minimum Gasteiger partial charge on any atom is -0.457 e. The van der Waals surface area contributed by atoms with E-state index in [9.17, 15) is 0 Å². The molecule has 0 bridgehead atoms. The summed E-state index contributed by atoms with van der Waals surface area (Å²) in [6.45, 7) is 6.09. The molecule has 0 aromatic heterocycles. The van der Waals surface area contributed by atoms with E-state index in [-0.39, 0.29) is 6.04 Å². The Balaban J connectivity index is 1.07. The summed E-state index contributed by atoms with van der Waals surface area (Å²) >= 11 is 0. The third kappa shape index (κ3) is 5.42. The molecule has 0 fully saturated rings. The van der Waals surface area contributed by atoms with Crippen LogP contribution in [0.1, 0.15) is 37.1 Å². The highest BCUT2D eigenvalue weighted by molar-refractivity contribution is 5.83. The number of hydrogen-bond donors (Lipinski definition) is 0. The molecular formula is C38H36N4O. The highest BCUT2D eigenvalue weighted by Crippen LogP contribution is 2.44. The van der Waals surface area contributed by atoms with Crippen LogP contribution in [0.2, 0.25) is 0 Å². The summed E-state index contributed by atoms with van der Waals surface area (Å²) in [5.41, 5.74) is 7.28. The molecule has 0 N–H and O–H groups in total. The first-order chi connectivity index (χ1) is 21.1. The van der Waals surface area contributed by atoms with Gasteiger partial charge < -0.3 is 24.3 Å². The Labute approximate surface area is 254 Å². The Kier molecular flexibility index (Phi) is 7.22. The SMILES string of the molecule is CC(c1ccccc1)N1C=CN(c2cccc(Oc3cccc(N4CN(C(C)c5ccccc5)c5ccccc54)c3)c2)C1. The van der Waals surface area contributed by atoms with Gasteiger partial charge in [0.2, 0.25) is 0 Å². The molecule has 0 spiro atoms. The molecule has 0 aliphatic carbocycles. The van der Waals surface area contributed by atoms with Crippen LogP contribution >= 0.6 is 0 Å². The number of ether oxygens (including phenoxy) is 1. The molecule has 0 saturated carbocycles. The van der Waals surface area contributed by atoms with Gasteiger partial charge in [-0.25, -0.2) is 0 Å². The summed E-state index contributed by atoms with van der Waals surface area (Å²) in [4.78, 5) is 9.44. The topological polar surface area (TPSA) is 22.2 Å². The van der Waals surface area contributed by atoms with E-state index in [1.165, 1.54) is 22.5 Å². The van der Waals surface area contributed by atoms with E-state index in [0.717, 1.165) is 36.2 Å². The molecule has 7 rings (SSSR count). The Hall–Kier alpha value is -5.16. The monoisotopic (exact) mass is 564 g/mol. The lowest BCUT2D eigenvalue weighted by Gasteiger charge is -2.28.